The highest BCUT2D eigenvalue weighted by Crippen LogP contribution is 2.19. The zero-order valence-corrected chi connectivity index (χ0v) is 14.5. The molecule has 6 nitrogen and oxygen atoms in total. The van der Waals surface area contributed by atoms with Crippen molar-refractivity contribution in [3.63, 3.8) is 0 Å². The third kappa shape index (κ3) is 3.55. The summed E-state index contributed by atoms with van der Waals surface area (Å²) in [6.45, 7) is 1.23. The maximum atomic E-state index is 13.7. The molecule has 3 aromatic rings. The smallest absolute Gasteiger partial charge is 0.222 e. The summed E-state index contributed by atoms with van der Waals surface area (Å²) in [5.41, 5.74) is 0.948. The van der Waals surface area contributed by atoms with E-state index in [1.165, 1.54) is 10.7 Å². The molecule has 27 heavy (non-hydrogen) atoms. The molecule has 1 saturated heterocycles. The molecule has 0 N–H and O–H groups in total. The van der Waals surface area contributed by atoms with Crippen LogP contribution < -0.4 is 0 Å². The van der Waals surface area contributed by atoms with Crippen LogP contribution in [0.5, 0.6) is 0 Å². The van der Waals surface area contributed by atoms with Gasteiger partial charge in [0.1, 0.15) is 11.5 Å². The summed E-state index contributed by atoms with van der Waals surface area (Å²) in [5, 5.41) is 4.44. The highest BCUT2D eigenvalue weighted by molar-refractivity contribution is 5.78. The Morgan fingerprint density at radius 3 is 2.70 bits per heavy atom. The number of hydrogen-bond donors (Lipinski definition) is 0. The molecule has 8 heteroatoms. The van der Waals surface area contributed by atoms with Gasteiger partial charge in [0.25, 0.3) is 0 Å². The minimum absolute atomic E-state index is 0.124. The van der Waals surface area contributed by atoms with Gasteiger partial charge in [-0.25, -0.2) is 18.4 Å². The quantitative estimate of drug-likeness (QED) is 0.694. The lowest BCUT2D eigenvalue weighted by atomic mass is 10.3. The zero-order chi connectivity index (χ0) is 18.8. The number of carbonyl (C=O) groups excluding carboxylic acids is 1. The largest absolute Gasteiger partial charge is 0.342 e. The van der Waals surface area contributed by atoms with E-state index < -0.39 is 11.6 Å². The maximum Gasteiger partial charge on any atom is 0.222 e. The van der Waals surface area contributed by atoms with Crippen molar-refractivity contribution in [2.75, 3.05) is 13.1 Å². The first-order chi connectivity index (χ1) is 13.1. The molecule has 1 amide bonds. The van der Waals surface area contributed by atoms with Gasteiger partial charge in [0.2, 0.25) is 5.91 Å². The van der Waals surface area contributed by atoms with E-state index in [-0.39, 0.29) is 5.91 Å². The lowest BCUT2D eigenvalue weighted by molar-refractivity contribution is -0.127. The number of rotatable bonds is 5. The predicted octanol–water partition coefficient (Wildman–Crippen LogP) is 2.77. The van der Waals surface area contributed by atoms with Crippen molar-refractivity contribution in [1.82, 2.24) is 24.6 Å². The Hall–Kier alpha value is -3.16. The standard InChI is InChI=1S/C19H17F2N5O/c20-14-7-6-13(12-15(14)21)26-17(8-11-25-10-3-5-18(25)27)23-19(24-26)16-4-1-2-9-22-16/h1-2,4,6-7,9,12H,3,5,8,10-11H2. The molecule has 1 aliphatic heterocycles. The molecular formula is C19H17F2N5O. The van der Waals surface area contributed by atoms with Crippen molar-refractivity contribution in [1.29, 1.82) is 0 Å². The van der Waals surface area contributed by atoms with Gasteiger partial charge in [-0.1, -0.05) is 6.07 Å². The zero-order valence-electron chi connectivity index (χ0n) is 14.5. The normalized spacial score (nSPS) is 14.1. The van der Waals surface area contributed by atoms with Crippen molar-refractivity contribution in [2.24, 2.45) is 0 Å². The third-order valence-electron chi connectivity index (χ3n) is 4.49. The Morgan fingerprint density at radius 2 is 2.00 bits per heavy atom. The fourth-order valence-corrected chi connectivity index (χ4v) is 3.11. The first-order valence-corrected chi connectivity index (χ1v) is 8.72. The molecule has 138 valence electrons. The summed E-state index contributed by atoms with van der Waals surface area (Å²) in [6, 6.07) is 8.97. The second kappa shape index (κ2) is 7.22. The van der Waals surface area contributed by atoms with Crippen LogP contribution in [0, 0.1) is 11.6 Å². The van der Waals surface area contributed by atoms with Crippen LogP contribution >= 0.6 is 0 Å². The van der Waals surface area contributed by atoms with Crippen molar-refractivity contribution in [2.45, 2.75) is 19.3 Å². The fraction of sp³-hybridized carbons (Fsp3) is 0.263. The molecule has 3 heterocycles. The minimum Gasteiger partial charge on any atom is -0.342 e. The molecule has 0 saturated carbocycles. The van der Waals surface area contributed by atoms with E-state index in [4.69, 9.17) is 0 Å². The first-order valence-electron chi connectivity index (χ1n) is 8.72. The second-order valence-corrected chi connectivity index (χ2v) is 6.31. The number of amides is 1. The molecule has 1 fully saturated rings. The summed E-state index contributed by atoms with van der Waals surface area (Å²) in [7, 11) is 0. The van der Waals surface area contributed by atoms with Gasteiger partial charge >= 0.3 is 0 Å². The molecule has 0 unspecified atom stereocenters. The highest BCUT2D eigenvalue weighted by Gasteiger charge is 2.22. The van der Waals surface area contributed by atoms with Crippen LogP contribution in [0.15, 0.2) is 42.6 Å². The van der Waals surface area contributed by atoms with Gasteiger partial charge < -0.3 is 4.90 Å². The number of halogens is 2. The molecule has 1 aromatic carbocycles. The number of hydrogen-bond acceptors (Lipinski definition) is 4. The van der Waals surface area contributed by atoms with Crippen LogP contribution in [0.1, 0.15) is 18.7 Å². The van der Waals surface area contributed by atoms with Gasteiger partial charge in [0, 0.05) is 38.2 Å². The van der Waals surface area contributed by atoms with Crippen LogP contribution in [0.2, 0.25) is 0 Å². The van der Waals surface area contributed by atoms with Gasteiger partial charge in [-0.15, -0.1) is 5.10 Å². The Kier molecular flexibility index (Phi) is 4.62. The Bertz CT molecular complexity index is 973. The molecule has 0 bridgehead atoms. The van der Waals surface area contributed by atoms with E-state index in [0.29, 0.717) is 42.4 Å². The maximum absolute atomic E-state index is 13.7. The summed E-state index contributed by atoms with van der Waals surface area (Å²) in [5.74, 6) is -0.806. The minimum atomic E-state index is -0.956. The number of likely N-dealkylation sites (tertiary alicyclic amines) is 1. The average Bonchev–Trinajstić information content (AvgIpc) is 3.29. The molecule has 1 aliphatic rings. The van der Waals surface area contributed by atoms with Crippen LogP contribution in [0.25, 0.3) is 17.2 Å². The Labute approximate surface area is 154 Å². The topological polar surface area (TPSA) is 63.9 Å². The second-order valence-electron chi connectivity index (χ2n) is 6.31. The SMILES string of the molecule is O=C1CCCN1CCc1nc(-c2ccccn2)nn1-c1ccc(F)c(F)c1. The number of nitrogens with zero attached hydrogens (tertiary/aromatic N) is 5. The summed E-state index contributed by atoms with van der Waals surface area (Å²) in [4.78, 5) is 22.4. The van der Waals surface area contributed by atoms with Crippen molar-refractivity contribution >= 4 is 5.91 Å². The monoisotopic (exact) mass is 369 g/mol. The fourth-order valence-electron chi connectivity index (χ4n) is 3.11. The van der Waals surface area contributed by atoms with Gasteiger partial charge in [0.05, 0.1) is 5.69 Å². The van der Waals surface area contributed by atoms with Crippen molar-refractivity contribution < 1.29 is 13.6 Å². The summed E-state index contributed by atoms with van der Waals surface area (Å²) < 4.78 is 28.5. The predicted molar refractivity (Wildman–Crippen MR) is 94.0 cm³/mol. The average molecular weight is 369 g/mol. The molecule has 0 atom stereocenters. The Morgan fingerprint density at radius 1 is 1.11 bits per heavy atom. The number of aromatic nitrogens is 4. The van der Waals surface area contributed by atoms with Crippen LogP contribution in [0.3, 0.4) is 0 Å². The van der Waals surface area contributed by atoms with E-state index >= 15 is 0 Å². The molecule has 0 spiro atoms. The third-order valence-corrected chi connectivity index (χ3v) is 4.49. The molecule has 0 aliphatic carbocycles. The molecule has 4 rings (SSSR count). The van der Waals surface area contributed by atoms with E-state index in [2.05, 4.69) is 15.1 Å². The van der Waals surface area contributed by atoms with E-state index in [9.17, 15) is 13.6 Å². The lowest BCUT2D eigenvalue weighted by Crippen LogP contribution is -2.27. The number of carbonyl (C=O) groups is 1. The molecule has 2 aromatic heterocycles. The Balaban J connectivity index is 1.69. The van der Waals surface area contributed by atoms with Crippen LogP contribution in [0.4, 0.5) is 8.78 Å². The van der Waals surface area contributed by atoms with Gasteiger partial charge in [-0.05, 0) is 30.7 Å². The van der Waals surface area contributed by atoms with E-state index in [1.54, 1.807) is 23.2 Å². The summed E-state index contributed by atoms with van der Waals surface area (Å²) in [6.07, 6.45) is 3.50. The van der Waals surface area contributed by atoms with Crippen LogP contribution in [-0.2, 0) is 11.2 Å². The molecule has 0 radical (unpaired) electrons. The van der Waals surface area contributed by atoms with Crippen LogP contribution in [-0.4, -0.2) is 43.6 Å². The number of benzene rings is 1. The van der Waals surface area contributed by atoms with Gasteiger partial charge in [-0.3, -0.25) is 9.78 Å². The van der Waals surface area contributed by atoms with Gasteiger partial charge in [0.15, 0.2) is 17.5 Å². The summed E-state index contributed by atoms with van der Waals surface area (Å²) >= 11 is 0. The first kappa shape index (κ1) is 17.3. The highest BCUT2D eigenvalue weighted by atomic mass is 19.2. The van der Waals surface area contributed by atoms with Crippen molar-refractivity contribution in [3.8, 4) is 17.2 Å². The van der Waals surface area contributed by atoms with E-state index in [0.717, 1.165) is 25.1 Å². The lowest BCUT2D eigenvalue weighted by Gasteiger charge is -2.15. The van der Waals surface area contributed by atoms with E-state index in [1.807, 2.05) is 6.07 Å². The van der Waals surface area contributed by atoms with Gasteiger partial charge in [-0.2, -0.15) is 0 Å². The van der Waals surface area contributed by atoms with Crippen molar-refractivity contribution in [3.05, 3.63) is 60.1 Å². The molecular weight excluding hydrogens is 352 g/mol. The number of pyridine rings is 1.